The average molecular weight is 297 g/mol. The molecule has 1 atom stereocenters. The topological polar surface area (TPSA) is 79.5 Å². The first-order valence-corrected chi connectivity index (χ1v) is 7.68. The van der Waals surface area contributed by atoms with E-state index in [0.29, 0.717) is 19.6 Å². The maximum Gasteiger partial charge on any atom is 0.346 e. The summed E-state index contributed by atoms with van der Waals surface area (Å²) in [5, 5.41) is 17.2. The Bertz CT molecular complexity index is 347. The van der Waals surface area contributed by atoms with E-state index in [1.807, 2.05) is 0 Å². The highest BCUT2D eigenvalue weighted by atomic mass is 16.5. The number of hydrogen-bond acceptors (Lipinski definition) is 4. The number of aliphatic carboxylic acids is 1. The molecule has 0 aromatic heterocycles. The average Bonchev–Trinajstić information content (AvgIpc) is 2.47. The van der Waals surface area contributed by atoms with Crippen molar-refractivity contribution < 1.29 is 19.4 Å². The van der Waals surface area contributed by atoms with Crippen molar-refractivity contribution in [3.8, 4) is 6.07 Å². The van der Waals surface area contributed by atoms with Gasteiger partial charge in [0.05, 0.1) is 12.7 Å². The first-order chi connectivity index (χ1) is 10.2. The molecule has 21 heavy (non-hydrogen) atoms. The maximum absolute atomic E-state index is 10.6. The third-order valence-corrected chi connectivity index (χ3v) is 3.05. The summed E-state index contributed by atoms with van der Waals surface area (Å²) in [4.78, 5) is 10.6. The third-order valence-electron chi connectivity index (χ3n) is 3.05. The monoisotopic (exact) mass is 297 g/mol. The molecule has 0 aliphatic carbocycles. The molecular weight excluding hydrogens is 270 g/mol. The van der Waals surface area contributed by atoms with Gasteiger partial charge in [0.25, 0.3) is 0 Å². The molecule has 0 aliphatic heterocycles. The molecule has 0 fully saturated rings. The standard InChI is InChI=1S/C16H27NO4/c1-3-5-11-21-15(4-2)13-20-10-8-6-7-9-14(12-17)16(18)19/h9,15H,3-8,10-11,13H2,1-2H3,(H,18,19). The van der Waals surface area contributed by atoms with Crippen LogP contribution in [0.1, 0.15) is 52.4 Å². The van der Waals surface area contributed by atoms with Gasteiger partial charge in [0.1, 0.15) is 11.6 Å². The zero-order chi connectivity index (χ0) is 15.9. The Morgan fingerprint density at radius 3 is 2.62 bits per heavy atom. The zero-order valence-electron chi connectivity index (χ0n) is 13.1. The normalized spacial score (nSPS) is 12.9. The Morgan fingerprint density at radius 2 is 2.05 bits per heavy atom. The Hall–Kier alpha value is -1.38. The molecule has 0 saturated carbocycles. The molecule has 5 heteroatoms. The summed E-state index contributed by atoms with van der Waals surface area (Å²) in [5.41, 5.74) is -0.189. The van der Waals surface area contributed by atoms with Crippen LogP contribution in [-0.4, -0.2) is 37.0 Å². The van der Waals surface area contributed by atoms with E-state index in [1.54, 1.807) is 6.07 Å². The van der Waals surface area contributed by atoms with E-state index in [9.17, 15) is 4.79 Å². The van der Waals surface area contributed by atoms with E-state index in [1.165, 1.54) is 6.08 Å². The summed E-state index contributed by atoms with van der Waals surface area (Å²) >= 11 is 0. The smallest absolute Gasteiger partial charge is 0.346 e. The van der Waals surface area contributed by atoms with Crippen LogP contribution < -0.4 is 0 Å². The first-order valence-electron chi connectivity index (χ1n) is 7.68. The number of hydrogen-bond donors (Lipinski definition) is 1. The lowest BCUT2D eigenvalue weighted by atomic mass is 10.2. The van der Waals surface area contributed by atoms with Crippen LogP contribution in [0.3, 0.4) is 0 Å². The highest BCUT2D eigenvalue weighted by Crippen LogP contribution is 2.04. The number of ether oxygens (including phenoxy) is 2. The van der Waals surface area contributed by atoms with Gasteiger partial charge in [0, 0.05) is 13.2 Å². The number of carbonyl (C=O) groups is 1. The molecule has 0 bridgehead atoms. The minimum absolute atomic E-state index is 0.161. The van der Waals surface area contributed by atoms with Crippen molar-refractivity contribution in [3.05, 3.63) is 11.6 Å². The molecule has 120 valence electrons. The van der Waals surface area contributed by atoms with Crippen LogP contribution in [0.4, 0.5) is 0 Å². The fraction of sp³-hybridized carbons (Fsp3) is 0.750. The molecule has 0 spiro atoms. The van der Waals surface area contributed by atoms with Gasteiger partial charge in [0.2, 0.25) is 0 Å². The van der Waals surface area contributed by atoms with Gasteiger partial charge < -0.3 is 14.6 Å². The summed E-state index contributed by atoms with van der Waals surface area (Å²) in [6, 6.07) is 1.66. The zero-order valence-corrected chi connectivity index (χ0v) is 13.1. The highest BCUT2D eigenvalue weighted by Gasteiger charge is 2.06. The summed E-state index contributed by atoms with van der Waals surface area (Å²) in [7, 11) is 0. The predicted octanol–water partition coefficient (Wildman–Crippen LogP) is 3.30. The van der Waals surface area contributed by atoms with Crippen molar-refractivity contribution in [3.63, 3.8) is 0 Å². The van der Waals surface area contributed by atoms with Crippen molar-refractivity contribution >= 4 is 5.97 Å². The third kappa shape index (κ3) is 11.0. The molecule has 1 unspecified atom stereocenters. The molecule has 1 N–H and O–H groups in total. The van der Waals surface area contributed by atoms with Gasteiger partial charge in [-0.15, -0.1) is 0 Å². The van der Waals surface area contributed by atoms with E-state index in [2.05, 4.69) is 13.8 Å². The second-order valence-corrected chi connectivity index (χ2v) is 4.86. The van der Waals surface area contributed by atoms with E-state index in [0.717, 1.165) is 38.7 Å². The molecule has 0 amide bonds. The molecule has 0 radical (unpaired) electrons. The van der Waals surface area contributed by atoms with Gasteiger partial charge in [-0.05, 0) is 32.1 Å². The summed E-state index contributed by atoms with van der Waals surface area (Å²) in [6.45, 7) is 6.25. The number of nitrogens with zero attached hydrogens (tertiary/aromatic N) is 1. The van der Waals surface area contributed by atoms with Crippen molar-refractivity contribution in [2.24, 2.45) is 0 Å². The molecule has 0 aliphatic rings. The first kappa shape index (κ1) is 19.6. The second-order valence-electron chi connectivity index (χ2n) is 4.86. The number of unbranched alkanes of at least 4 members (excludes halogenated alkanes) is 3. The molecular formula is C16H27NO4. The Balaban J connectivity index is 3.62. The number of allylic oxidation sites excluding steroid dienone is 1. The van der Waals surface area contributed by atoms with E-state index in [-0.39, 0.29) is 11.7 Å². The number of carboxylic acids is 1. The van der Waals surface area contributed by atoms with E-state index in [4.69, 9.17) is 19.8 Å². The Morgan fingerprint density at radius 1 is 1.29 bits per heavy atom. The van der Waals surface area contributed by atoms with Gasteiger partial charge in [0.15, 0.2) is 0 Å². The molecule has 0 saturated heterocycles. The maximum atomic E-state index is 10.6. The van der Waals surface area contributed by atoms with Gasteiger partial charge >= 0.3 is 5.97 Å². The second kappa shape index (κ2) is 13.6. The highest BCUT2D eigenvalue weighted by molar-refractivity contribution is 5.90. The molecule has 0 aromatic rings. The minimum Gasteiger partial charge on any atom is -0.477 e. The van der Waals surface area contributed by atoms with E-state index < -0.39 is 5.97 Å². The van der Waals surface area contributed by atoms with Crippen molar-refractivity contribution in [2.75, 3.05) is 19.8 Å². The molecule has 0 rings (SSSR count). The quantitative estimate of drug-likeness (QED) is 0.320. The lowest BCUT2D eigenvalue weighted by Crippen LogP contribution is -2.20. The van der Waals surface area contributed by atoms with Gasteiger partial charge in [-0.3, -0.25) is 0 Å². The SMILES string of the molecule is CCCCOC(CC)COCCCCC=C(C#N)C(=O)O. The van der Waals surface area contributed by atoms with Crippen molar-refractivity contribution in [1.82, 2.24) is 0 Å². The van der Waals surface area contributed by atoms with Gasteiger partial charge in [-0.1, -0.05) is 26.3 Å². The fourth-order valence-corrected chi connectivity index (χ4v) is 1.67. The summed E-state index contributed by atoms with van der Waals surface area (Å²) in [6.07, 6.45) is 7.02. The van der Waals surface area contributed by atoms with Crippen LogP contribution in [0.5, 0.6) is 0 Å². The summed E-state index contributed by atoms with van der Waals surface area (Å²) < 4.78 is 11.3. The van der Waals surface area contributed by atoms with Crippen LogP contribution in [0.2, 0.25) is 0 Å². The fourth-order valence-electron chi connectivity index (χ4n) is 1.67. The van der Waals surface area contributed by atoms with Crippen LogP contribution >= 0.6 is 0 Å². The van der Waals surface area contributed by atoms with E-state index >= 15 is 0 Å². The minimum atomic E-state index is -1.16. The van der Waals surface area contributed by atoms with Gasteiger partial charge in [-0.25, -0.2) is 4.79 Å². The molecule has 5 nitrogen and oxygen atoms in total. The van der Waals surface area contributed by atoms with Crippen molar-refractivity contribution in [2.45, 2.75) is 58.5 Å². The number of nitriles is 1. The summed E-state index contributed by atoms with van der Waals surface area (Å²) in [5.74, 6) is -1.16. The molecule has 0 aromatic carbocycles. The van der Waals surface area contributed by atoms with Crippen LogP contribution in [0.25, 0.3) is 0 Å². The molecule has 0 heterocycles. The van der Waals surface area contributed by atoms with Crippen LogP contribution in [-0.2, 0) is 14.3 Å². The lowest BCUT2D eigenvalue weighted by molar-refractivity contribution is -0.132. The Kier molecular flexibility index (Phi) is 12.7. The van der Waals surface area contributed by atoms with Crippen molar-refractivity contribution in [1.29, 1.82) is 5.26 Å². The van der Waals surface area contributed by atoms with Crippen LogP contribution in [0.15, 0.2) is 11.6 Å². The Labute approximate surface area is 127 Å². The largest absolute Gasteiger partial charge is 0.477 e. The van der Waals surface area contributed by atoms with Crippen LogP contribution in [0, 0.1) is 11.3 Å². The lowest BCUT2D eigenvalue weighted by Gasteiger charge is -2.16. The number of rotatable bonds is 13. The predicted molar refractivity (Wildman–Crippen MR) is 80.9 cm³/mol. The number of carboxylic acid groups (broad SMARTS) is 1. The van der Waals surface area contributed by atoms with Gasteiger partial charge in [-0.2, -0.15) is 5.26 Å².